The number of hydrogen-bond donors (Lipinski definition) is 1. The maximum absolute atomic E-state index is 14.6. The van der Waals surface area contributed by atoms with Crippen molar-refractivity contribution in [2.75, 3.05) is 0 Å². The number of nitrogens with zero attached hydrogens (tertiary/aromatic N) is 6. The summed E-state index contributed by atoms with van der Waals surface area (Å²) in [6.45, 7) is 1.37. The van der Waals surface area contributed by atoms with E-state index in [4.69, 9.17) is 0 Å². The van der Waals surface area contributed by atoms with Crippen molar-refractivity contribution in [1.82, 2.24) is 28.7 Å². The van der Waals surface area contributed by atoms with E-state index in [1.54, 1.807) is 13.0 Å². The van der Waals surface area contributed by atoms with Crippen LogP contribution in [-0.4, -0.2) is 33.8 Å². The highest BCUT2D eigenvalue weighted by Crippen LogP contribution is 2.36. The van der Waals surface area contributed by atoms with Crippen molar-refractivity contribution in [2.45, 2.75) is 25.1 Å². The lowest BCUT2D eigenvalue weighted by Gasteiger charge is -2.35. The SMILES string of the molecule is C[C@@H](n1ccc2nccn2c1=O)C(O)(Cn1cncn1)c1ccc(F)cc1F. The summed E-state index contributed by atoms with van der Waals surface area (Å²) >= 11 is 0. The van der Waals surface area contributed by atoms with Crippen LogP contribution in [0.5, 0.6) is 0 Å². The predicted octanol–water partition coefficient (Wildman–Crippen LogP) is 1.51. The van der Waals surface area contributed by atoms with Gasteiger partial charge in [-0.3, -0.25) is 8.97 Å². The van der Waals surface area contributed by atoms with Crippen LogP contribution in [0.1, 0.15) is 18.5 Å². The molecule has 1 aromatic carbocycles. The summed E-state index contributed by atoms with van der Waals surface area (Å²) < 4.78 is 31.9. The average molecular weight is 386 g/mol. The number of benzene rings is 1. The molecule has 0 bridgehead atoms. The van der Waals surface area contributed by atoms with Gasteiger partial charge in [0.2, 0.25) is 0 Å². The monoisotopic (exact) mass is 386 g/mol. The Hall–Kier alpha value is -3.40. The van der Waals surface area contributed by atoms with E-state index in [-0.39, 0.29) is 12.1 Å². The Balaban J connectivity index is 1.88. The van der Waals surface area contributed by atoms with Crippen molar-refractivity contribution in [2.24, 2.45) is 0 Å². The lowest BCUT2D eigenvalue weighted by molar-refractivity contribution is -0.0346. The van der Waals surface area contributed by atoms with E-state index in [0.29, 0.717) is 11.7 Å². The molecule has 0 radical (unpaired) electrons. The molecule has 2 atom stereocenters. The molecule has 0 aliphatic heterocycles. The highest BCUT2D eigenvalue weighted by molar-refractivity contribution is 5.36. The third-order valence-corrected chi connectivity index (χ3v) is 4.86. The summed E-state index contributed by atoms with van der Waals surface area (Å²) in [5, 5.41) is 15.5. The second kappa shape index (κ2) is 6.64. The first-order chi connectivity index (χ1) is 13.4. The van der Waals surface area contributed by atoms with Gasteiger partial charge in [0.15, 0.2) is 0 Å². The zero-order valence-corrected chi connectivity index (χ0v) is 14.8. The van der Waals surface area contributed by atoms with Gasteiger partial charge in [0.25, 0.3) is 0 Å². The molecule has 0 amide bonds. The van der Waals surface area contributed by atoms with Gasteiger partial charge in [-0.05, 0) is 19.1 Å². The van der Waals surface area contributed by atoms with Crippen LogP contribution in [0, 0.1) is 11.6 Å². The first-order valence-corrected chi connectivity index (χ1v) is 8.44. The summed E-state index contributed by atoms with van der Waals surface area (Å²) in [6.07, 6.45) is 7.09. The normalized spacial score (nSPS) is 14.9. The fourth-order valence-corrected chi connectivity index (χ4v) is 3.30. The van der Waals surface area contributed by atoms with Gasteiger partial charge in [-0.1, -0.05) is 6.07 Å². The molecule has 0 saturated carbocycles. The zero-order valence-electron chi connectivity index (χ0n) is 14.8. The van der Waals surface area contributed by atoms with Crippen LogP contribution >= 0.6 is 0 Å². The minimum Gasteiger partial charge on any atom is -0.381 e. The molecule has 0 saturated heterocycles. The maximum atomic E-state index is 14.6. The van der Waals surface area contributed by atoms with Gasteiger partial charge in [0, 0.05) is 30.2 Å². The standard InChI is InChI=1S/C18H16F2N6O2/c1-12(25-6-4-16-22-5-7-26(16)17(25)27)18(28,9-24-11-21-10-23-24)14-3-2-13(19)8-15(14)20/h2-8,10-12,28H,9H2,1H3/t12-,18?/m1/s1. The molecule has 1 unspecified atom stereocenters. The van der Waals surface area contributed by atoms with Crippen LogP contribution in [0.4, 0.5) is 8.78 Å². The van der Waals surface area contributed by atoms with E-state index >= 15 is 0 Å². The predicted molar refractivity (Wildman–Crippen MR) is 94.4 cm³/mol. The molecule has 0 aliphatic rings. The third kappa shape index (κ3) is 2.87. The van der Waals surface area contributed by atoms with E-state index in [9.17, 15) is 18.7 Å². The van der Waals surface area contributed by atoms with Gasteiger partial charge in [0.1, 0.15) is 35.5 Å². The maximum Gasteiger partial charge on any atom is 0.334 e. The first kappa shape index (κ1) is 18.0. The summed E-state index contributed by atoms with van der Waals surface area (Å²) in [5.41, 5.74) is -2.10. The van der Waals surface area contributed by atoms with Gasteiger partial charge < -0.3 is 5.11 Å². The zero-order chi connectivity index (χ0) is 19.9. The molecule has 3 heterocycles. The fraction of sp³-hybridized carbons (Fsp3) is 0.222. The Kier molecular flexibility index (Phi) is 4.27. The van der Waals surface area contributed by atoms with Crippen LogP contribution in [0.3, 0.4) is 0 Å². The van der Waals surface area contributed by atoms with Crippen LogP contribution in [0.2, 0.25) is 0 Å². The van der Waals surface area contributed by atoms with Crippen molar-refractivity contribution in [1.29, 1.82) is 0 Å². The average Bonchev–Trinajstić information content (AvgIpc) is 3.33. The first-order valence-electron chi connectivity index (χ1n) is 8.44. The highest BCUT2D eigenvalue weighted by atomic mass is 19.1. The Bertz CT molecular complexity index is 1190. The minimum absolute atomic E-state index is 0.158. The van der Waals surface area contributed by atoms with Crippen LogP contribution < -0.4 is 5.69 Å². The Labute approximate surface area is 157 Å². The molecule has 0 aliphatic carbocycles. The number of hydrogen-bond acceptors (Lipinski definition) is 5. The quantitative estimate of drug-likeness (QED) is 0.562. The number of imidazole rings is 1. The summed E-state index contributed by atoms with van der Waals surface area (Å²) in [5.74, 6) is -1.69. The smallest absolute Gasteiger partial charge is 0.334 e. The Morgan fingerprint density at radius 3 is 2.79 bits per heavy atom. The second-order valence-electron chi connectivity index (χ2n) is 6.48. The molecule has 10 heteroatoms. The van der Waals surface area contributed by atoms with Crippen molar-refractivity contribution in [3.05, 3.63) is 83.2 Å². The van der Waals surface area contributed by atoms with E-state index < -0.39 is 29.0 Å². The Morgan fingerprint density at radius 1 is 1.25 bits per heavy atom. The van der Waals surface area contributed by atoms with E-state index in [2.05, 4.69) is 15.1 Å². The van der Waals surface area contributed by atoms with Crippen LogP contribution in [0.15, 0.2) is 60.3 Å². The molecule has 4 aromatic rings. The van der Waals surface area contributed by atoms with Crippen LogP contribution in [0.25, 0.3) is 5.65 Å². The van der Waals surface area contributed by atoms with E-state index in [0.717, 1.165) is 6.07 Å². The van der Waals surface area contributed by atoms with Gasteiger partial charge in [0.05, 0.1) is 12.6 Å². The number of aliphatic hydroxyl groups is 1. The Morgan fingerprint density at radius 2 is 2.07 bits per heavy atom. The minimum atomic E-state index is -1.93. The van der Waals surface area contributed by atoms with Crippen molar-refractivity contribution in [3.8, 4) is 0 Å². The number of halogens is 2. The molecule has 3 aromatic heterocycles. The summed E-state index contributed by atoms with van der Waals surface area (Å²) in [4.78, 5) is 20.7. The van der Waals surface area contributed by atoms with E-state index in [1.807, 2.05) is 0 Å². The molecule has 8 nitrogen and oxygen atoms in total. The lowest BCUT2D eigenvalue weighted by atomic mass is 9.86. The fourth-order valence-electron chi connectivity index (χ4n) is 3.30. The summed E-state index contributed by atoms with van der Waals surface area (Å²) in [7, 11) is 0. The molecule has 144 valence electrons. The summed E-state index contributed by atoms with van der Waals surface area (Å²) in [6, 6.07) is 3.58. The van der Waals surface area contributed by atoms with Crippen molar-refractivity contribution >= 4 is 5.65 Å². The molecule has 4 rings (SSSR count). The highest BCUT2D eigenvalue weighted by Gasteiger charge is 2.40. The van der Waals surface area contributed by atoms with Gasteiger partial charge in [-0.15, -0.1) is 0 Å². The largest absolute Gasteiger partial charge is 0.381 e. The topological polar surface area (TPSA) is 90.2 Å². The number of rotatable bonds is 5. The number of aromatic nitrogens is 6. The van der Waals surface area contributed by atoms with Crippen LogP contribution in [-0.2, 0) is 12.1 Å². The molecular formula is C18H16F2N6O2. The molecule has 1 N–H and O–H groups in total. The van der Waals surface area contributed by atoms with Gasteiger partial charge in [-0.2, -0.15) is 5.10 Å². The molecule has 28 heavy (non-hydrogen) atoms. The van der Waals surface area contributed by atoms with E-state index in [1.165, 1.54) is 51.0 Å². The molecular weight excluding hydrogens is 370 g/mol. The van der Waals surface area contributed by atoms with Crippen molar-refractivity contribution < 1.29 is 13.9 Å². The third-order valence-electron chi connectivity index (χ3n) is 4.86. The van der Waals surface area contributed by atoms with Gasteiger partial charge >= 0.3 is 5.69 Å². The molecule has 0 spiro atoms. The molecule has 0 fully saturated rings. The van der Waals surface area contributed by atoms with Gasteiger partial charge in [-0.25, -0.2) is 28.2 Å². The second-order valence-corrected chi connectivity index (χ2v) is 6.48. The van der Waals surface area contributed by atoms with Crippen molar-refractivity contribution in [3.63, 3.8) is 0 Å². The number of fused-ring (bicyclic) bond motifs is 1. The lowest BCUT2D eigenvalue weighted by Crippen LogP contribution is -2.44.